The van der Waals surface area contributed by atoms with E-state index < -0.39 is 0 Å². The lowest BCUT2D eigenvalue weighted by Crippen LogP contribution is -2.52. The van der Waals surface area contributed by atoms with Gasteiger partial charge in [0.05, 0.1) is 17.3 Å². The molecule has 39 heavy (non-hydrogen) atoms. The third-order valence-corrected chi connectivity index (χ3v) is 6.96. The number of carbonyl (C=O) groups is 1. The lowest BCUT2D eigenvalue weighted by atomic mass is 9.94. The average molecular weight is 532 g/mol. The summed E-state index contributed by atoms with van der Waals surface area (Å²) in [5.41, 5.74) is 5.34. The third kappa shape index (κ3) is 9.80. The summed E-state index contributed by atoms with van der Waals surface area (Å²) in [4.78, 5) is 25.9. The van der Waals surface area contributed by atoms with Crippen molar-refractivity contribution in [2.24, 2.45) is 11.3 Å². The Morgan fingerprint density at radius 3 is 2.33 bits per heavy atom. The largest absolute Gasteiger partial charge is 0.352 e. The maximum absolute atomic E-state index is 12.5. The summed E-state index contributed by atoms with van der Waals surface area (Å²) in [5, 5.41) is 8.85. The van der Waals surface area contributed by atoms with E-state index >= 15 is 0 Å². The molecular formula is C33H49N5O. The van der Waals surface area contributed by atoms with E-state index in [1.54, 1.807) is 6.33 Å². The van der Waals surface area contributed by atoms with Gasteiger partial charge >= 0.3 is 0 Å². The average Bonchev–Trinajstić information content (AvgIpc) is 3.74. The molecule has 1 aliphatic carbocycles. The highest BCUT2D eigenvalue weighted by atomic mass is 16.2. The predicted octanol–water partition coefficient (Wildman–Crippen LogP) is 7.44. The molecule has 0 N–H and O–H groups in total. The summed E-state index contributed by atoms with van der Waals surface area (Å²) in [6.45, 7) is 19.6. The van der Waals surface area contributed by atoms with E-state index in [0.29, 0.717) is 5.92 Å². The zero-order chi connectivity index (χ0) is 29.0. The maximum Gasteiger partial charge on any atom is 0.228 e. The third-order valence-electron chi connectivity index (χ3n) is 6.96. The van der Waals surface area contributed by atoms with E-state index in [1.807, 2.05) is 50.0 Å². The molecule has 1 aromatic heterocycles. The van der Waals surface area contributed by atoms with Crippen molar-refractivity contribution in [1.82, 2.24) is 14.9 Å². The van der Waals surface area contributed by atoms with Gasteiger partial charge in [0.25, 0.3) is 0 Å². The highest BCUT2D eigenvalue weighted by molar-refractivity contribution is 5.82. The van der Waals surface area contributed by atoms with Crippen molar-refractivity contribution in [3.8, 4) is 6.07 Å². The fourth-order valence-electron chi connectivity index (χ4n) is 4.77. The molecule has 1 saturated heterocycles. The van der Waals surface area contributed by atoms with Crippen LogP contribution in [0.4, 0.5) is 5.82 Å². The fourth-order valence-corrected chi connectivity index (χ4v) is 4.77. The van der Waals surface area contributed by atoms with Gasteiger partial charge in [0.15, 0.2) is 0 Å². The van der Waals surface area contributed by atoms with Crippen LogP contribution in [0, 0.1) is 29.6 Å². The van der Waals surface area contributed by atoms with Crippen LogP contribution in [-0.2, 0) is 4.79 Å². The van der Waals surface area contributed by atoms with Crippen molar-refractivity contribution in [2.45, 2.75) is 87.5 Å². The smallest absolute Gasteiger partial charge is 0.228 e. The molecule has 6 heteroatoms. The van der Waals surface area contributed by atoms with Crippen molar-refractivity contribution < 1.29 is 4.79 Å². The molecule has 2 heterocycles. The van der Waals surface area contributed by atoms with Gasteiger partial charge in [-0.05, 0) is 70.1 Å². The Kier molecular flexibility index (Phi) is 12.6. The number of hydrogen-bond donors (Lipinski definition) is 0. The molecule has 0 unspecified atom stereocenters. The lowest BCUT2D eigenvalue weighted by molar-refractivity contribution is -0.139. The maximum atomic E-state index is 12.5. The normalized spacial score (nSPS) is 17.2. The zero-order valence-electron chi connectivity index (χ0n) is 25.5. The number of piperazine rings is 1. The number of nitriles is 1. The van der Waals surface area contributed by atoms with Crippen molar-refractivity contribution in [1.29, 1.82) is 5.26 Å². The second-order valence-electron chi connectivity index (χ2n) is 11.5. The van der Waals surface area contributed by atoms with E-state index in [9.17, 15) is 4.79 Å². The number of aromatic nitrogens is 2. The molecule has 0 aromatic carbocycles. The first-order valence-electron chi connectivity index (χ1n) is 14.5. The minimum atomic E-state index is -0.317. The number of aryl methyl sites for hydroxylation is 1. The Morgan fingerprint density at radius 1 is 1.15 bits per heavy atom. The van der Waals surface area contributed by atoms with Crippen molar-refractivity contribution in [2.75, 3.05) is 31.1 Å². The summed E-state index contributed by atoms with van der Waals surface area (Å²) in [6, 6.07) is 2.18. The number of hydrogen-bond acceptors (Lipinski definition) is 5. The molecule has 1 aromatic rings. The van der Waals surface area contributed by atoms with E-state index in [1.165, 1.54) is 29.6 Å². The SMILES string of the molecule is C/C=C(\c1c(C)ncnc1N1CCN(C(=O)C(C)(C)C)CC1)C1CC1.CC/C=C/C=C(C#N)\C=C(/C)CCC. The van der Waals surface area contributed by atoms with Crippen LogP contribution < -0.4 is 4.90 Å². The summed E-state index contributed by atoms with van der Waals surface area (Å²) in [6.07, 6.45) is 17.4. The van der Waals surface area contributed by atoms with Gasteiger partial charge < -0.3 is 9.80 Å². The minimum absolute atomic E-state index is 0.235. The highest BCUT2D eigenvalue weighted by Gasteiger charge is 2.33. The fraction of sp³-hybridized carbons (Fsp3) is 0.576. The summed E-state index contributed by atoms with van der Waals surface area (Å²) < 4.78 is 0. The van der Waals surface area contributed by atoms with Crippen LogP contribution in [-0.4, -0.2) is 47.0 Å². The van der Waals surface area contributed by atoms with Gasteiger partial charge in [0.1, 0.15) is 12.1 Å². The van der Waals surface area contributed by atoms with Crippen LogP contribution in [0.1, 0.15) is 91.8 Å². The van der Waals surface area contributed by atoms with E-state index in [4.69, 9.17) is 5.26 Å². The van der Waals surface area contributed by atoms with Crippen LogP contribution in [0.25, 0.3) is 5.57 Å². The standard InChI is InChI=1S/C20H30N4O.C13H19N/c1-6-16(15-7-8-15)17-14(2)21-13-22-18(17)23-9-11-24(12-10-23)19(25)20(3,4)5;1-4-6-7-9-13(11-14)10-12(3)8-5-2/h6,13,15H,7-12H2,1-5H3;6-7,9-10H,4-5,8H2,1-3H3/b16-6-;7-6+,12-10+,13-9+. The van der Waals surface area contributed by atoms with Crippen LogP contribution in [0.15, 0.2) is 47.9 Å². The molecular weight excluding hydrogens is 482 g/mol. The monoisotopic (exact) mass is 531 g/mol. The predicted molar refractivity (Wildman–Crippen MR) is 163 cm³/mol. The number of amides is 1. The van der Waals surface area contributed by atoms with Gasteiger partial charge in [-0.1, -0.05) is 64.8 Å². The summed E-state index contributed by atoms with van der Waals surface area (Å²) in [5.74, 6) is 1.94. The quantitative estimate of drug-likeness (QED) is 0.257. The van der Waals surface area contributed by atoms with Crippen molar-refractivity contribution in [3.63, 3.8) is 0 Å². The molecule has 0 spiro atoms. The molecule has 1 amide bonds. The van der Waals surface area contributed by atoms with Gasteiger partial charge in [0, 0.05) is 37.2 Å². The first-order chi connectivity index (χ1) is 18.6. The van der Waals surface area contributed by atoms with Crippen LogP contribution in [0.2, 0.25) is 0 Å². The molecule has 212 valence electrons. The molecule has 0 radical (unpaired) electrons. The van der Waals surface area contributed by atoms with E-state index in [0.717, 1.165) is 62.5 Å². The molecule has 0 bridgehead atoms. The molecule has 1 aliphatic heterocycles. The van der Waals surface area contributed by atoms with Crippen molar-refractivity contribution in [3.05, 3.63) is 59.1 Å². The van der Waals surface area contributed by atoms with Gasteiger partial charge in [-0.15, -0.1) is 0 Å². The molecule has 0 atom stereocenters. The Balaban J connectivity index is 0.000000326. The zero-order valence-corrected chi connectivity index (χ0v) is 25.5. The Labute approximate surface area is 237 Å². The highest BCUT2D eigenvalue weighted by Crippen LogP contribution is 2.44. The molecule has 2 fully saturated rings. The summed E-state index contributed by atoms with van der Waals surface area (Å²) >= 11 is 0. The van der Waals surface area contributed by atoms with E-state index in [-0.39, 0.29) is 11.3 Å². The summed E-state index contributed by atoms with van der Waals surface area (Å²) in [7, 11) is 0. The first kappa shape index (κ1) is 32.0. The number of rotatable bonds is 8. The topological polar surface area (TPSA) is 73.1 Å². The second-order valence-corrected chi connectivity index (χ2v) is 11.5. The van der Waals surface area contributed by atoms with Crippen LogP contribution in [0.5, 0.6) is 0 Å². The Bertz CT molecular complexity index is 1120. The second kappa shape index (κ2) is 15.4. The number of carbonyl (C=O) groups excluding carboxylic acids is 1. The molecule has 6 nitrogen and oxygen atoms in total. The number of anilines is 1. The lowest BCUT2D eigenvalue weighted by Gasteiger charge is -2.39. The Morgan fingerprint density at radius 2 is 1.82 bits per heavy atom. The van der Waals surface area contributed by atoms with Crippen LogP contribution >= 0.6 is 0 Å². The number of allylic oxidation sites excluding steroid dienone is 8. The first-order valence-corrected chi connectivity index (χ1v) is 14.5. The Hall–Kier alpha value is -3.20. The van der Waals surface area contributed by atoms with Gasteiger partial charge in [-0.3, -0.25) is 4.79 Å². The molecule has 1 saturated carbocycles. The number of nitrogens with zero attached hydrogens (tertiary/aromatic N) is 5. The van der Waals surface area contributed by atoms with Gasteiger partial charge in [0.2, 0.25) is 5.91 Å². The van der Waals surface area contributed by atoms with Gasteiger partial charge in [-0.25, -0.2) is 9.97 Å². The minimum Gasteiger partial charge on any atom is -0.352 e. The van der Waals surface area contributed by atoms with Gasteiger partial charge in [-0.2, -0.15) is 5.26 Å². The van der Waals surface area contributed by atoms with E-state index in [2.05, 4.69) is 61.6 Å². The molecule has 2 aliphatic rings. The van der Waals surface area contributed by atoms with Crippen molar-refractivity contribution >= 4 is 17.3 Å². The molecule has 3 rings (SSSR count). The van der Waals surface area contributed by atoms with Crippen LogP contribution in [0.3, 0.4) is 0 Å².